The molecule has 0 saturated heterocycles. The fourth-order valence-electron chi connectivity index (χ4n) is 1.83. The number of carboxylic acid groups (broad SMARTS) is 1. The number of aromatic nitrogens is 5. The summed E-state index contributed by atoms with van der Waals surface area (Å²) in [5.74, 6) is 0.228. The van der Waals surface area contributed by atoms with Gasteiger partial charge in [0.1, 0.15) is 6.54 Å². The van der Waals surface area contributed by atoms with Crippen LogP contribution in [-0.4, -0.2) is 43.3 Å². The minimum absolute atomic E-state index is 0.0886. The fraction of sp³-hybridized carbons (Fsp3) is 0.583. The number of rotatable bonds is 7. The van der Waals surface area contributed by atoms with E-state index in [1.807, 2.05) is 0 Å². The van der Waals surface area contributed by atoms with Gasteiger partial charge in [0, 0.05) is 13.5 Å². The second-order valence-electron chi connectivity index (χ2n) is 4.98. The molecule has 0 aliphatic carbocycles. The Balaban J connectivity index is 2.19. The summed E-state index contributed by atoms with van der Waals surface area (Å²) in [6.07, 6.45) is 0.690. The zero-order valence-electron chi connectivity index (χ0n) is 12.1. The summed E-state index contributed by atoms with van der Waals surface area (Å²) in [6.45, 7) is 4.38. The number of nitrogens with zero attached hydrogens (tertiary/aromatic N) is 5. The molecule has 0 aliphatic rings. The number of hydrogen-bond acceptors (Lipinski definition) is 7. The average Bonchev–Trinajstić information content (AvgIpc) is 2.98. The van der Waals surface area contributed by atoms with Gasteiger partial charge in [-0.1, -0.05) is 24.2 Å². The van der Waals surface area contributed by atoms with Gasteiger partial charge in [0.2, 0.25) is 5.89 Å². The minimum Gasteiger partial charge on any atom is -0.476 e. The van der Waals surface area contributed by atoms with Gasteiger partial charge in [-0.05, 0) is 5.92 Å². The van der Waals surface area contributed by atoms with Crippen LogP contribution < -0.4 is 0 Å². The van der Waals surface area contributed by atoms with E-state index in [-0.39, 0.29) is 18.8 Å². The molecule has 0 spiro atoms. The van der Waals surface area contributed by atoms with Gasteiger partial charge in [-0.15, -0.1) is 5.10 Å². The van der Waals surface area contributed by atoms with Crippen LogP contribution in [0.15, 0.2) is 4.52 Å². The predicted molar refractivity (Wildman–Crippen MR) is 69.6 cm³/mol. The second kappa shape index (κ2) is 6.44. The van der Waals surface area contributed by atoms with Crippen molar-refractivity contribution >= 4 is 5.97 Å². The van der Waals surface area contributed by atoms with Crippen molar-refractivity contribution in [1.82, 2.24) is 25.1 Å². The maximum absolute atomic E-state index is 11.1. The third kappa shape index (κ3) is 3.63. The van der Waals surface area contributed by atoms with Gasteiger partial charge in [-0.25, -0.2) is 9.48 Å². The first-order chi connectivity index (χ1) is 10.0. The zero-order chi connectivity index (χ0) is 15.4. The van der Waals surface area contributed by atoms with Crippen LogP contribution >= 0.6 is 0 Å². The fourth-order valence-corrected chi connectivity index (χ4v) is 1.83. The summed E-state index contributed by atoms with van der Waals surface area (Å²) in [6, 6.07) is 0. The van der Waals surface area contributed by atoms with Gasteiger partial charge in [0.15, 0.2) is 11.5 Å². The van der Waals surface area contributed by atoms with Crippen molar-refractivity contribution in [3.63, 3.8) is 0 Å². The van der Waals surface area contributed by atoms with Crippen molar-refractivity contribution in [1.29, 1.82) is 0 Å². The molecule has 0 saturated carbocycles. The maximum Gasteiger partial charge on any atom is 0.358 e. The van der Waals surface area contributed by atoms with E-state index in [1.165, 1.54) is 11.8 Å². The van der Waals surface area contributed by atoms with Crippen molar-refractivity contribution < 1.29 is 19.2 Å². The Hall–Kier alpha value is -2.29. The third-order valence-electron chi connectivity index (χ3n) is 2.71. The lowest BCUT2D eigenvalue weighted by molar-refractivity contribution is 0.0684. The normalized spacial score (nSPS) is 11.2. The van der Waals surface area contributed by atoms with Crippen LogP contribution in [0.1, 0.15) is 41.7 Å². The Morgan fingerprint density at radius 3 is 2.86 bits per heavy atom. The molecule has 9 heteroatoms. The standard InChI is InChI=1S/C12H17N5O4/c1-7(2)4-10-13-9(15-21-10)5-17-8(6-20-3)11(12(18)19)14-16-17/h7H,4-6H2,1-3H3,(H,18,19). The van der Waals surface area contributed by atoms with E-state index in [2.05, 4.69) is 34.3 Å². The monoisotopic (exact) mass is 295 g/mol. The SMILES string of the molecule is COCc1c(C(=O)O)nnn1Cc1noc(CC(C)C)n1. The lowest BCUT2D eigenvalue weighted by atomic mass is 10.1. The lowest BCUT2D eigenvalue weighted by Gasteiger charge is -2.03. The third-order valence-corrected chi connectivity index (χ3v) is 2.71. The van der Waals surface area contributed by atoms with E-state index in [0.29, 0.717) is 29.7 Å². The number of aromatic carboxylic acids is 1. The van der Waals surface area contributed by atoms with Gasteiger partial charge >= 0.3 is 5.97 Å². The van der Waals surface area contributed by atoms with Crippen molar-refractivity contribution in [3.8, 4) is 0 Å². The molecule has 2 heterocycles. The number of ether oxygens (including phenoxy) is 1. The molecule has 0 radical (unpaired) electrons. The van der Waals surface area contributed by atoms with Crippen LogP contribution in [0.3, 0.4) is 0 Å². The number of carbonyl (C=O) groups is 1. The summed E-state index contributed by atoms with van der Waals surface area (Å²) in [5, 5.41) is 20.3. The van der Waals surface area contributed by atoms with Crippen molar-refractivity contribution in [3.05, 3.63) is 23.1 Å². The summed E-state index contributed by atoms with van der Waals surface area (Å²) in [4.78, 5) is 15.3. The van der Waals surface area contributed by atoms with Crippen LogP contribution in [0.25, 0.3) is 0 Å². The number of carboxylic acids is 1. The van der Waals surface area contributed by atoms with Crippen molar-refractivity contribution in [2.45, 2.75) is 33.4 Å². The molecule has 2 rings (SSSR count). The Morgan fingerprint density at radius 2 is 2.24 bits per heavy atom. The van der Waals surface area contributed by atoms with E-state index >= 15 is 0 Å². The number of hydrogen-bond donors (Lipinski definition) is 1. The van der Waals surface area contributed by atoms with Gasteiger partial charge in [-0.2, -0.15) is 4.98 Å². The van der Waals surface area contributed by atoms with Crippen LogP contribution in [0, 0.1) is 5.92 Å². The predicted octanol–water partition coefficient (Wildman–Crippen LogP) is 0.752. The van der Waals surface area contributed by atoms with E-state index in [0.717, 1.165) is 0 Å². The van der Waals surface area contributed by atoms with Crippen molar-refractivity contribution in [2.75, 3.05) is 7.11 Å². The Kier molecular flexibility index (Phi) is 4.63. The lowest BCUT2D eigenvalue weighted by Crippen LogP contribution is -2.11. The van der Waals surface area contributed by atoms with Crippen molar-refractivity contribution in [2.24, 2.45) is 5.92 Å². The van der Waals surface area contributed by atoms with Crippen LogP contribution in [0.4, 0.5) is 0 Å². The van der Waals surface area contributed by atoms with Gasteiger partial charge in [0.25, 0.3) is 0 Å². The van der Waals surface area contributed by atoms with Crippen LogP contribution in [-0.2, 0) is 24.3 Å². The Bertz CT molecular complexity index is 619. The van der Waals surface area contributed by atoms with E-state index in [4.69, 9.17) is 14.4 Å². The Labute approximate surface area is 120 Å². The quantitative estimate of drug-likeness (QED) is 0.795. The topological polar surface area (TPSA) is 116 Å². The molecule has 2 aromatic rings. The highest BCUT2D eigenvalue weighted by Crippen LogP contribution is 2.10. The molecule has 0 fully saturated rings. The summed E-state index contributed by atoms with van der Waals surface area (Å²) >= 11 is 0. The average molecular weight is 295 g/mol. The Morgan fingerprint density at radius 1 is 1.48 bits per heavy atom. The molecule has 1 N–H and O–H groups in total. The first kappa shape index (κ1) is 15.1. The minimum atomic E-state index is -1.15. The van der Waals surface area contributed by atoms with Crippen LogP contribution in [0.2, 0.25) is 0 Å². The largest absolute Gasteiger partial charge is 0.476 e. The van der Waals surface area contributed by atoms with Gasteiger partial charge in [0.05, 0.1) is 12.3 Å². The molecule has 0 amide bonds. The molecule has 0 aliphatic heterocycles. The summed E-state index contributed by atoms with van der Waals surface area (Å²) in [5.41, 5.74) is 0.225. The highest BCUT2D eigenvalue weighted by Gasteiger charge is 2.20. The molecule has 9 nitrogen and oxygen atoms in total. The molecule has 0 bridgehead atoms. The molecule has 0 atom stereocenters. The van der Waals surface area contributed by atoms with Crippen LogP contribution in [0.5, 0.6) is 0 Å². The van der Waals surface area contributed by atoms with E-state index in [1.54, 1.807) is 0 Å². The van der Waals surface area contributed by atoms with E-state index in [9.17, 15) is 4.79 Å². The van der Waals surface area contributed by atoms with E-state index < -0.39 is 5.97 Å². The highest BCUT2D eigenvalue weighted by atomic mass is 16.5. The first-order valence-corrected chi connectivity index (χ1v) is 6.47. The second-order valence-corrected chi connectivity index (χ2v) is 4.98. The molecule has 21 heavy (non-hydrogen) atoms. The molecule has 2 aromatic heterocycles. The maximum atomic E-state index is 11.1. The smallest absolute Gasteiger partial charge is 0.358 e. The molecular weight excluding hydrogens is 278 g/mol. The first-order valence-electron chi connectivity index (χ1n) is 6.47. The van der Waals surface area contributed by atoms with Gasteiger partial charge in [-0.3, -0.25) is 0 Å². The molecule has 0 aromatic carbocycles. The summed E-state index contributed by atoms with van der Waals surface area (Å²) in [7, 11) is 1.47. The number of methoxy groups -OCH3 is 1. The highest BCUT2D eigenvalue weighted by molar-refractivity contribution is 5.86. The summed E-state index contributed by atoms with van der Waals surface area (Å²) < 4.78 is 11.5. The zero-order valence-corrected chi connectivity index (χ0v) is 12.1. The van der Waals surface area contributed by atoms with Gasteiger partial charge < -0.3 is 14.4 Å². The molecule has 114 valence electrons. The molecular formula is C12H17N5O4. The molecule has 0 unspecified atom stereocenters.